The van der Waals surface area contributed by atoms with Gasteiger partial charge >= 0.3 is 0 Å². The molecule has 188 valence electrons. The minimum absolute atomic E-state index is 0.435. The Balaban J connectivity index is 1.12. The molecule has 0 radical (unpaired) electrons. The number of fused-ring (bicyclic) bond motifs is 2. The molecule has 0 spiro atoms. The number of imidazole rings is 1. The summed E-state index contributed by atoms with van der Waals surface area (Å²) >= 11 is 6.78. The summed E-state index contributed by atoms with van der Waals surface area (Å²) in [6, 6.07) is 10.6. The number of hydrogen-bond donors (Lipinski definition) is 1. The van der Waals surface area contributed by atoms with E-state index in [0.29, 0.717) is 28.1 Å². The van der Waals surface area contributed by atoms with Gasteiger partial charge in [-0.2, -0.15) is 5.10 Å². The minimum atomic E-state index is 0.435. The first-order valence-corrected chi connectivity index (χ1v) is 13.4. The number of nitrogens with one attached hydrogen (secondary N) is 1. The van der Waals surface area contributed by atoms with Gasteiger partial charge in [0.05, 0.1) is 40.7 Å². The van der Waals surface area contributed by atoms with Crippen molar-refractivity contribution in [3.05, 3.63) is 59.8 Å². The van der Waals surface area contributed by atoms with E-state index < -0.39 is 0 Å². The molecule has 2 fully saturated rings. The van der Waals surface area contributed by atoms with Crippen molar-refractivity contribution < 1.29 is 4.74 Å². The normalized spacial score (nSPS) is 20.4. The summed E-state index contributed by atoms with van der Waals surface area (Å²) in [6.07, 6.45) is 12.0. The van der Waals surface area contributed by atoms with Gasteiger partial charge in [0.25, 0.3) is 0 Å². The summed E-state index contributed by atoms with van der Waals surface area (Å²) in [5.74, 6) is 2.07. The van der Waals surface area contributed by atoms with Crippen LogP contribution >= 0.6 is 11.6 Å². The van der Waals surface area contributed by atoms with Crippen LogP contribution in [0.4, 0.5) is 0 Å². The van der Waals surface area contributed by atoms with Crippen molar-refractivity contribution in [3.63, 3.8) is 0 Å². The number of hydrogen-bond acceptors (Lipinski definition) is 6. The van der Waals surface area contributed by atoms with Crippen LogP contribution in [0.25, 0.3) is 33.3 Å². The Hall–Kier alpha value is -3.49. The van der Waals surface area contributed by atoms with Crippen LogP contribution in [0.2, 0.25) is 5.02 Å². The summed E-state index contributed by atoms with van der Waals surface area (Å²) in [5.41, 5.74) is 4.84. The Kier molecular flexibility index (Phi) is 5.59. The number of ether oxygens (including phenoxy) is 1. The highest BCUT2D eigenvalue weighted by atomic mass is 35.5. The molecule has 1 aliphatic heterocycles. The molecule has 37 heavy (non-hydrogen) atoms. The van der Waals surface area contributed by atoms with Gasteiger partial charge in [0, 0.05) is 23.9 Å². The van der Waals surface area contributed by atoms with E-state index in [1.165, 1.54) is 45.2 Å². The Morgan fingerprint density at radius 3 is 2.59 bits per heavy atom. The first-order chi connectivity index (χ1) is 18.1. The summed E-state index contributed by atoms with van der Waals surface area (Å²) in [5, 5.41) is 5.13. The molecule has 5 aromatic rings. The van der Waals surface area contributed by atoms with E-state index >= 15 is 0 Å². The number of halogens is 1. The topological polar surface area (TPSA) is 84.8 Å². The van der Waals surface area contributed by atoms with Crippen molar-refractivity contribution in [1.82, 2.24) is 34.6 Å². The molecule has 3 aromatic heterocycles. The molecule has 7 rings (SSSR count). The molecule has 0 atom stereocenters. The zero-order valence-corrected chi connectivity index (χ0v) is 21.4. The lowest BCUT2D eigenvalue weighted by Gasteiger charge is -2.42. The summed E-state index contributed by atoms with van der Waals surface area (Å²) < 4.78 is 8.25. The minimum Gasteiger partial charge on any atom is -0.456 e. The van der Waals surface area contributed by atoms with Gasteiger partial charge in [-0.05, 0) is 76.4 Å². The van der Waals surface area contributed by atoms with Gasteiger partial charge in [-0.1, -0.05) is 11.6 Å². The van der Waals surface area contributed by atoms with Gasteiger partial charge in [-0.25, -0.2) is 9.97 Å². The van der Waals surface area contributed by atoms with Crippen LogP contribution in [0.1, 0.15) is 44.0 Å². The van der Waals surface area contributed by atoms with Crippen molar-refractivity contribution in [2.24, 2.45) is 0 Å². The summed E-state index contributed by atoms with van der Waals surface area (Å²) in [4.78, 5) is 19.8. The largest absolute Gasteiger partial charge is 0.456 e. The van der Waals surface area contributed by atoms with Crippen LogP contribution in [0.5, 0.6) is 11.5 Å². The molecule has 0 unspecified atom stereocenters. The SMILES string of the molecule is Cc1nc2ccc(Oc3ccc4ncc(-c5cnn([C@H]6CC[C@H](N7CCC7)CC6)c5)nc4c3Cl)cc2[nH]1. The van der Waals surface area contributed by atoms with Gasteiger partial charge in [-0.15, -0.1) is 0 Å². The van der Waals surface area contributed by atoms with Gasteiger partial charge in [-0.3, -0.25) is 9.67 Å². The van der Waals surface area contributed by atoms with Crippen LogP contribution in [0, 0.1) is 6.92 Å². The van der Waals surface area contributed by atoms with Gasteiger partial charge in [0.15, 0.2) is 0 Å². The second-order valence-corrected chi connectivity index (χ2v) is 10.5. The fourth-order valence-electron chi connectivity index (χ4n) is 5.61. The number of rotatable bonds is 5. The van der Waals surface area contributed by atoms with E-state index in [2.05, 4.69) is 30.7 Å². The third kappa shape index (κ3) is 4.24. The number of aromatic amines is 1. The zero-order chi connectivity index (χ0) is 24.9. The average molecular weight is 514 g/mol. The monoisotopic (exact) mass is 513 g/mol. The highest BCUT2D eigenvalue weighted by molar-refractivity contribution is 6.36. The molecule has 9 heteroatoms. The van der Waals surface area contributed by atoms with Crippen LogP contribution in [0.3, 0.4) is 0 Å². The third-order valence-corrected chi connectivity index (χ3v) is 8.13. The average Bonchev–Trinajstić information content (AvgIpc) is 3.51. The molecule has 0 amide bonds. The van der Waals surface area contributed by atoms with Crippen LogP contribution in [-0.2, 0) is 0 Å². The fraction of sp³-hybridized carbons (Fsp3) is 0.357. The summed E-state index contributed by atoms with van der Waals surface area (Å²) in [7, 11) is 0. The summed E-state index contributed by atoms with van der Waals surface area (Å²) in [6.45, 7) is 4.48. The van der Waals surface area contributed by atoms with Gasteiger partial charge in [0.2, 0.25) is 0 Å². The number of H-pyrrole nitrogens is 1. The predicted molar refractivity (Wildman–Crippen MR) is 144 cm³/mol. The van der Waals surface area contributed by atoms with E-state index in [0.717, 1.165) is 39.7 Å². The molecule has 8 nitrogen and oxygen atoms in total. The standard InChI is InChI=1S/C28H28ClN7O/c1-17-32-22-8-7-21(13-24(22)33-17)37-26-10-9-23-28(27(26)29)34-25(15-30-23)18-14-31-36(16-18)20-5-3-19(4-6-20)35-11-2-12-35/h7-10,13-16,19-20H,2-6,11-12H2,1H3,(H,32,33)/t19-,20-. The molecule has 1 N–H and O–H groups in total. The molecule has 4 heterocycles. The second-order valence-electron chi connectivity index (χ2n) is 10.2. The van der Waals surface area contributed by atoms with Crippen molar-refractivity contribution in [1.29, 1.82) is 0 Å². The first-order valence-electron chi connectivity index (χ1n) is 13.0. The van der Waals surface area contributed by atoms with Crippen LogP contribution in [-0.4, -0.2) is 53.7 Å². The molecule has 2 aliphatic rings. The highest BCUT2D eigenvalue weighted by Gasteiger charge is 2.29. The number of aryl methyl sites for hydroxylation is 1. The Bertz CT molecular complexity index is 1600. The molecule has 1 aliphatic carbocycles. The molecule has 2 aromatic carbocycles. The van der Waals surface area contributed by atoms with Gasteiger partial charge in [0.1, 0.15) is 27.9 Å². The van der Waals surface area contributed by atoms with E-state index in [1.807, 2.05) is 43.5 Å². The second kappa shape index (κ2) is 9.11. The zero-order valence-electron chi connectivity index (χ0n) is 20.7. The quantitative estimate of drug-likeness (QED) is 0.296. The van der Waals surface area contributed by atoms with E-state index in [-0.39, 0.29) is 0 Å². The van der Waals surface area contributed by atoms with Crippen molar-refractivity contribution >= 4 is 33.7 Å². The van der Waals surface area contributed by atoms with Gasteiger partial charge < -0.3 is 14.6 Å². The lowest BCUT2D eigenvalue weighted by molar-refractivity contribution is 0.0787. The smallest absolute Gasteiger partial charge is 0.148 e. The maximum absolute atomic E-state index is 6.78. The maximum atomic E-state index is 6.78. The highest BCUT2D eigenvalue weighted by Crippen LogP contribution is 2.36. The Morgan fingerprint density at radius 2 is 1.78 bits per heavy atom. The maximum Gasteiger partial charge on any atom is 0.148 e. The lowest BCUT2D eigenvalue weighted by atomic mass is 9.89. The lowest BCUT2D eigenvalue weighted by Crippen LogP contribution is -2.46. The predicted octanol–water partition coefficient (Wildman–Crippen LogP) is 6.31. The fourth-order valence-corrected chi connectivity index (χ4v) is 5.86. The van der Waals surface area contributed by atoms with E-state index in [9.17, 15) is 0 Å². The first kappa shape index (κ1) is 22.7. The van der Waals surface area contributed by atoms with Crippen molar-refractivity contribution in [2.45, 2.75) is 51.1 Å². The number of benzene rings is 2. The Labute approximate surface area is 219 Å². The van der Waals surface area contributed by atoms with Crippen molar-refractivity contribution in [3.8, 4) is 22.8 Å². The molecule has 1 saturated heterocycles. The number of nitrogens with zero attached hydrogens (tertiary/aromatic N) is 6. The molecule has 0 bridgehead atoms. The number of aromatic nitrogens is 6. The van der Waals surface area contributed by atoms with E-state index in [1.54, 1.807) is 6.20 Å². The third-order valence-electron chi connectivity index (χ3n) is 7.76. The van der Waals surface area contributed by atoms with Crippen LogP contribution in [0.15, 0.2) is 48.9 Å². The van der Waals surface area contributed by atoms with E-state index in [4.69, 9.17) is 26.4 Å². The van der Waals surface area contributed by atoms with Crippen molar-refractivity contribution in [2.75, 3.05) is 13.1 Å². The van der Waals surface area contributed by atoms with Crippen LogP contribution < -0.4 is 4.74 Å². The molecule has 1 saturated carbocycles. The number of likely N-dealkylation sites (tertiary alicyclic amines) is 1. The Morgan fingerprint density at radius 1 is 0.973 bits per heavy atom. The molecular formula is C28H28ClN7O. The molecular weight excluding hydrogens is 486 g/mol.